The maximum atomic E-state index is 11.0. The molecule has 0 spiro atoms. The highest BCUT2D eigenvalue weighted by Crippen LogP contribution is 2.03. The summed E-state index contributed by atoms with van der Waals surface area (Å²) in [6.45, 7) is 9.61. The van der Waals surface area contributed by atoms with Gasteiger partial charge in [-0.2, -0.15) is 0 Å². The molecule has 0 saturated carbocycles. The number of hydrogen-bond donors (Lipinski definition) is 2. The highest BCUT2D eigenvalue weighted by atomic mass is 16.1. The van der Waals surface area contributed by atoms with Crippen LogP contribution in [-0.4, -0.2) is 18.0 Å². The van der Waals surface area contributed by atoms with Crippen molar-refractivity contribution in [1.29, 1.82) is 0 Å². The van der Waals surface area contributed by atoms with Crippen molar-refractivity contribution in [1.82, 2.24) is 5.32 Å². The van der Waals surface area contributed by atoms with Crippen molar-refractivity contribution >= 4 is 5.91 Å². The van der Waals surface area contributed by atoms with Crippen LogP contribution >= 0.6 is 0 Å². The Kier molecular flexibility index (Phi) is 5.39. The molecule has 1 unspecified atom stereocenters. The fourth-order valence-electron chi connectivity index (χ4n) is 1.23. The molecule has 0 aliphatic rings. The molecule has 0 saturated heterocycles. The van der Waals surface area contributed by atoms with E-state index in [2.05, 4.69) is 11.9 Å². The van der Waals surface area contributed by atoms with E-state index in [1.165, 1.54) is 0 Å². The Labute approximate surface area is 80.4 Å². The van der Waals surface area contributed by atoms with E-state index in [0.717, 1.165) is 6.42 Å². The number of primary amides is 1. The molecule has 0 aromatic heterocycles. The van der Waals surface area contributed by atoms with Gasteiger partial charge in [-0.05, 0) is 19.3 Å². The van der Waals surface area contributed by atoms with Crippen LogP contribution in [0.15, 0.2) is 12.7 Å². The van der Waals surface area contributed by atoms with Crippen LogP contribution in [0.2, 0.25) is 0 Å². The summed E-state index contributed by atoms with van der Waals surface area (Å²) in [5.41, 5.74) is 5.25. The molecule has 0 aliphatic heterocycles. The second kappa shape index (κ2) is 5.75. The van der Waals surface area contributed by atoms with Crippen LogP contribution in [0.4, 0.5) is 0 Å². The summed E-state index contributed by atoms with van der Waals surface area (Å²) in [7, 11) is 0. The van der Waals surface area contributed by atoms with E-state index in [4.69, 9.17) is 5.73 Å². The van der Waals surface area contributed by atoms with Crippen LogP contribution in [0.5, 0.6) is 0 Å². The van der Waals surface area contributed by atoms with E-state index < -0.39 is 0 Å². The van der Waals surface area contributed by atoms with E-state index in [0.29, 0.717) is 0 Å². The van der Waals surface area contributed by atoms with Crippen molar-refractivity contribution in [3.05, 3.63) is 12.7 Å². The second-order valence-corrected chi connectivity index (χ2v) is 3.72. The first-order chi connectivity index (χ1) is 5.99. The van der Waals surface area contributed by atoms with Gasteiger partial charge in [0.2, 0.25) is 5.91 Å². The minimum atomic E-state index is -0.286. The van der Waals surface area contributed by atoms with Gasteiger partial charge in [-0.15, -0.1) is 6.58 Å². The Balaban J connectivity index is 4.09. The molecule has 0 fully saturated rings. The zero-order chi connectivity index (χ0) is 10.4. The van der Waals surface area contributed by atoms with Crippen LogP contribution in [-0.2, 0) is 4.79 Å². The Hall–Kier alpha value is -0.830. The third-order valence-corrected chi connectivity index (χ3v) is 1.96. The number of carbonyl (C=O) groups is 1. The third-order valence-electron chi connectivity index (χ3n) is 1.96. The molecular weight excluding hydrogens is 164 g/mol. The van der Waals surface area contributed by atoms with Crippen LogP contribution in [0, 0.1) is 5.92 Å². The number of carbonyl (C=O) groups excluding carboxylic acids is 1. The molecular formula is C10H20N2O. The van der Waals surface area contributed by atoms with E-state index in [1.807, 2.05) is 26.8 Å². The molecule has 76 valence electrons. The molecule has 0 aromatic carbocycles. The third kappa shape index (κ3) is 4.68. The molecule has 0 bridgehead atoms. The highest BCUT2D eigenvalue weighted by Gasteiger charge is 2.20. The number of rotatable bonds is 6. The highest BCUT2D eigenvalue weighted by molar-refractivity contribution is 5.80. The van der Waals surface area contributed by atoms with Gasteiger partial charge in [0.05, 0.1) is 6.04 Å². The summed E-state index contributed by atoms with van der Waals surface area (Å²) in [5.74, 6) is -0.0596. The number of nitrogens with two attached hydrogens (primary N) is 1. The first-order valence-electron chi connectivity index (χ1n) is 4.65. The summed E-state index contributed by atoms with van der Waals surface area (Å²) in [6.07, 6.45) is 2.67. The lowest BCUT2D eigenvalue weighted by Crippen LogP contribution is -2.48. The normalized spacial score (nSPS) is 15.4. The van der Waals surface area contributed by atoms with E-state index in [-0.39, 0.29) is 23.9 Å². The first kappa shape index (κ1) is 12.2. The summed E-state index contributed by atoms with van der Waals surface area (Å²) < 4.78 is 0. The average Bonchev–Trinajstić information content (AvgIpc) is 1.99. The van der Waals surface area contributed by atoms with Crippen molar-refractivity contribution in [3.63, 3.8) is 0 Å². The van der Waals surface area contributed by atoms with Crippen molar-refractivity contribution in [2.45, 2.75) is 39.3 Å². The Morgan fingerprint density at radius 1 is 1.54 bits per heavy atom. The lowest BCUT2D eigenvalue weighted by atomic mass is 10.0. The van der Waals surface area contributed by atoms with Crippen LogP contribution < -0.4 is 11.1 Å². The predicted molar refractivity (Wildman–Crippen MR) is 55.2 cm³/mol. The largest absolute Gasteiger partial charge is 0.368 e. The van der Waals surface area contributed by atoms with Gasteiger partial charge in [0.1, 0.15) is 0 Å². The smallest absolute Gasteiger partial charge is 0.234 e. The van der Waals surface area contributed by atoms with Gasteiger partial charge >= 0.3 is 0 Å². The lowest BCUT2D eigenvalue weighted by Gasteiger charge is -2.22. The standard InChI is InChI=1S/C10H20N2O/c1-5-6-8(4)12-9(7(2)3)10(11)13/h5,7-9,12H,1,6H2,2-4H3,(H2,11,13)/t8?,9-/m0/s1. The predicted octanol–water partition coefficient (Wildman–Crippen LogP) is 1.05. The van der Waals surface area contributed by atoms with Gasteiger partial charge in [0, 0.05) is 6.04 Å². The van der Waals surface area contributed by atoms with Crippen LogP contribution in [0.1, 0.15) is 27.2 Å². The fourth-order valence-corrected chi connectivity index (χ4v) is 1.23. The maximum absolute atomic E-state index is 11.0. The van der Waals surface area contributed by atoms with Crippen molar-refractivity contribution in [2.24, 2.45) is 11.7 Å². The molecule has 3 heteroatoms. The molecule has 0 rings (SSSR count). The topological polar surface area (TPSA) is 55.1 Å². The molecule has 2 atom stereocenters. The maximum Gasteiger partial charge on any atom is 0.234 e. The van der Waals surface area contributed by atoms with Gasteiger partial charge in [-0.1, -0.05) is 19.9 Å². The summed E-state index contributed by atoms with van der Waals surface area (Å²) >= 11 is 0. The van der Waals surface area contributed by atoms with Gasteiger partial charge in [0.15, 0.2) is 0 Å². The van der Waals surface area contributed by atoms with Crippen molar-refractivity contribution in [2.75, 3.05) is 0 Å². The quantitative estimate of drug-likeness (QED) is 0.606. The van der Waals surface area contributed by atoms with E-state index in [1.54, 1.807) is 0 Å². The molecule has 0 aliphatic carbocycles. The molecule has 0 heterocycles. The van der Waals surface area contributed by atoms with Gasteiger partial charge < -0.3 is 11.1 Å². The molecule has 1 amide bonds. The number of nitrogens with one attached hydrogen (secondary N) is 1. The molecule has 3 N–H and O–H groups in total. The fraction of sp³-hybridized carbons (Fsp3) is 0.700. The summed E-state index contributed by atoms with van der Waals surface area (Å²) in [5, 5.41) is 3.17. The second-order valence-electron chi connectivity index (χ2n) is 3.72. The van der Waals surface area contributed by atoms with E-state index in [9.17, 15) is 4.79 Å². The molecule has 13 heavy (non-hydrogen) atoms. The minimum absolute atomic E-state index is 0.227. The first-order valence-corrected chi connectivity index (χ1v) is 4.65. The Morgan fingerprint density at radius 3 is 2.38 bits per heavy atom. The van der Waals surface area contributed by atoms with Gasteiger partial charge in [-0.25, -0.2) is 0 Å². The molecule has 0 aromatic rings. The lowest BCUT2D eigenvalue weighted by molar-refractivity contribution is -0.121. The van der Waals surface area contributed by atoms with Gasteiger partial charge in [0.25, 0.3) is 0 Å². The minimum Gasteiger partial charge on any atom is -0.368 e. The summed E-state index contributed by atoms with van der Waals surface area (Å²) in [6, 6.07) is 0.00681. The van der Waals surface area contributed by atoms with E-state index >= 15 is 0 Å². The Bertz CT molecular complexity index is 178. The van der Waals surface area contributed by atoms with Crippen molar-refractivity contribution in [3.8, 4) is 0 Å². The zero-order valence-corrected chi connectivity index (χ0v) is 8.71. The zero-order valence-electron chi connectivity index (χ0n) is 8.71. The van der Waals surface area contributed by atoms with Gasteiger partial charge in [-0.3, -0.25) is 4.79 Å². The summed E-state index contributed by atoms with van der Waals surface area (Å²) in [4.78, 5) is 11.0. The SMILES string of the molecule is C=CCC(C)N[C@H](C(N)=O)C(C)C. The van der Waals surface area contributed by atoms with Crippen molar-refractivity contribution < 1.29 is 4.79 Å². The molecule has 0 radical (unpaired) electrons. The molecule has 3 nitrogen and oxygen atoms in total. The van der Waals surface area contributed by atoms with Crippen LogP contribution in [0.25, 0.3) is 0 Å². The monoisotopic (exact) mass is 184 g/mol. The Morgan fingerprint density at radius 2 is 2.08 bits per heavy atom. The average molecular weight is 184 g/mol. The van der Waals surface area contributed by atoms with Crippen LogP contribution in [0.3, 0.4) is 0 Å². The number of hydrogen-bond acceptors (Lipinski definition) is 2. The number of amides is 1.